The lowest BCUT2D eigenvalue weighted by molar-refractivity contribution is -0.949. The van der Waals surface area contributed by atoms with Crippen molar-refractivity contribution in [3.63, 3.8) is 0 Å². The van der Waals surface area contributed by atoms with E-state index in [0.717, 1.165) is 35.5 Å². The summed E-state index contributed by atoms with van der Waals surface area (Å²) in [5.74, 6) is 0.765. The summed E-state index contributed by atoms with van der Waals surface area (Å²) in [6.07, 6.45) is 6.23. The van der Waals surface area contributed by atoms with Gasteiger partial charge in [-0.2, -0.15) is 0 Å². The fourth-order valence-electron chi connectivity index (χ4n) is 3.29. The van der Waals surface area contributed by atoms with E-state index in [9.17, 15) is 0 Å². The molecule has 0 N–H and O–H groups in total. The molecular weight excluding hydrogens is 358 g/mol. The lowest BCUT2D eigenvalue weighted by atomic mass is 10.1. The van der Waals surface area contributed by atoms with Crippen LogP contribution in [0.5, 0.6) is 0 Å². The van der Waals surface area contributed by atoms with Gasteiger partial charge in [-0.15, -0.1) is 5.10 Å². The van der Waals surface area contributed by atoms with Crippen molar-refractivity contribution in [2.24, 2.45) is 5.10 Å². The molecule has 4 nitrogen and oxygen atoms in total. The zero-order valence-electron chi connectivity index (χ0n) is 21.4. The van der Waals surface area contributed by atoms with Gasteiger partial charge in [-0.05, 0) is 74.3 Å². The van der Waals surface area contributed by atoms with E-state index in [0.29, 0.717) is 18.7 Å². The molecule has 0 fully saturated rings. The maximum absolute atomic E-state index is 6.37. The van der Waals surface area contributed by atoms with Gasteiger partial charge in [0.15, 0.2) is 0 Å². The third-order valence-corrected chi connectivity index (χ3v) is 6.25. The average Bonchev–Trinajstić information content (AvgIpc) is 2.63. The van der Waals surface area contributed by atoms with E-state index in [-0.39, 0.29) is 0 Å². The summed E-state index contributed by atoms with van der Waals surface area (Å²) in [7, 11) is 4.32. The largest absolute Gasteiger partial charge is 0.470 e. The van der Waals surface area contributed by atoms with Gasteiger partial charge < -0.3 is 9.22 Å². The number of allylic oxidation sites excluding steroid dienone is 5. The summed E-state index contributed by atoms with van der Waals surface area (Å²) < 4.78 is 7.36. The van der Waals surface area contributed by atoms with E-state index in [1.165, 1.54) is 16.7 Å². The van der Waals surface area contributed by atoms with Gasteiger partial charge in [0.1, 0.15) is 13.2 Å². The monoisotopic (exact) mass is 406 g/mol. The molecule has 168 valence electrons. The van der Waals surface area contributed by atoms with Crippen molar-refractivity contribution >= 4 is 5.90 Å². The minimum Gasteiger partial charge on any atom is -0.470 e. The maximum atomic E-state index is 6.37. The summed E-state index contributed by atoms with van der Waals surface area (Å²) in [4.78, 5) is 0. The number of quaternary nitrogens is 1. The molecule has 0 bridgehead atoms. The second-order valence-corrected chi connectivity index (χ2v) is 9.03. The number of hydrazone groups is 1. The van der Waals surface area contributed by atoms with Crippen LogP contribution < -0.4 is 0 Å². The van der Waals surface area contributed by atoms with E-state index < -0.39 is 0 Å². The highest BCUT2D eigenvalue weighted by molar-refractivity contribution is 5.94. The summed E-state index contributed by atoms with van der Waals surface area (Å²) in [6.45, 7) is 23.6. The molecule has 0 aromatic rings. The molecule has 0 saturated carbocycles. The molecule has 0 atom stereocenters. The van der Waals surface area contributed by atoms with E-state index in [2.05, 4.69) is 81.5 Å². The minimum absolute atomic E-state index is 0.550. The Morgan fingerprint density at radius 2 is 1.62 bits per heavy atom. The zero-order valence-corrected chi connectivity index (χ0v) is 21.4. The van der Waals surface area contributed by atoms with Crippen LogP contribution in [0.1, 0.15) is 82.1 Å². The van der Waals surface area contributed by atoms with E-state index in [4.69, 9.17) is 9.84 Å². The first-order valence-electron chi connectivity index (χ1n) is 11.2. The van der Waals surface area contributed by atoms with Crippen LogP contribution in [0.4, 0.5) is 0 Å². The molecule has 0 aromatic heterocycles. The molecule has 0 aliphatic heterocycles. The highest BCUT2D eigenvalue weighted by atomic mass is 16.5. The van der Waals surface area contributed by atoms with Crippen LogP contribution in [0.3, 0.4) is 0 Å². The van der Waals surface area contributed by atoms with Gasteiger partial charge in [-0.1, -0.05) is 31.1 Å². The van der Waals surface area contributed by atoms with Crippen molar-refractivity contribution in [1.29, 1.82) is 0 Å². The zero-order chi connectivity index (χ0) is 22.8. The van der Waals surface area contributed by atoms with Gasteiger partial charge >= 0.3 is 0 Å². The summed E-state index contributed by atoms with van der Waals surface area (Å²) >= 11 is 0. The van der Waals surface area contributed by atoms with Crippen molar-refractivity contribution in [2.45, 2.75) is 94.2 Å². The average molecular weight is 407 g/mol. The number of nitrogens with zero attached hydrogens (tertiary/aromatic N) is 3. The van der Waals surface area contributed by atoms with Crippen LogP contribution in [0.15, 0.2) is 39.7 Å². The smallest absolute Gasteiger partial charge is 0.234 e. The summed E-state index contributed by atoms with van der Waals surface area (Å²) in [6, 6.07) is 1.10. The lowest BCUT2D eigenvalue weighted by Gasteiger charge is -2.42. The van der Waals surface area contributed by atoms with E-state index in [1.807, 2.05) is 19.0 Å². The van der Waals surface area contributed by atoms with E-state index in [1.54, 1.807) is 0 Å². The first kappa shape index (κ1) is 27.5. The Labute approximate surface area is 181 Å². The molecule has 0 heterocycles. The maximum Gasteiger partial charge on any atom is 0.234 e. The fraction of sp³-hybridized carbons (Fsp3) is 0.720. The SMILES string of the molecule is C/C=C\C(C)=C(\C)N(C)/N=C(/OCC[N+](C)(C(C)C)C(C)C)C(CCC)=C(C)C. The Morgan fingerprint density at radius 3 is 2.03 bits per heavy atom. The predicted octanol–water partition coefficient (Wildman–Crippen LogP) is 6.52. The molecule has 0 amide bonds. The van der Waals surface area contributed by atoms with Gasteiger partial charge in [0.25, 0.3) is 0 Å². The van der Waals surface area contributed by atoms with Gasteiger partial charge in [0.2, 0.25) is 5.90 Å². The Bertz CT molecular complexity index is 612. The number of rotatable bonds is 11. The first-order chi connectivity index (χ1) is 13.4. The molecule has 0 aliphatic rings. The highest BCUT2D eigenvalue weighted by Crippen LogP contribution is 2.19. The first-order valence-corrected chi connectivity index (χ1v) is 11.2. The molecule has 29 heavy (non-hydrogen) atoms. The Morgan fingerprint density at radius 1 is 1.07 bits per heavy atom. The number of hydrogen-bond donors (Lipinski definition) is 0. The molecule has 0 spiro atoms. The van der Waals surface area contributed by atoms with E-state index >= 15 is 0 Å². The van der Waals surface area contributed by atoms with Gasteiger partial charge in [-0.3, -0.25) is 5.01 Å². The van der Waals surface area contributed by atoms with Crippen LogP contribution in [-0.4, -0.2) is 54.7 Å². The fourth-order valence-corrected chi connectivity index (χ4v) is 3.29. The normalized spacial score (nSPS) is 13.9. The molecule has 0 rings (SSSR count). The van der Waals surface area contributed by atoms with Gasteiger partial charge in [0, 0.05) is 18.3 Å². The van der Waals surface area contributed by atoms with Crippen LogP contribution in [0.2, 0.25) is 0 Å². The van der Waals surface area contributed by atoms with Crippen molar-refractivity contribution in [3.05, 3.63) is 34.6 Å². The van der Waals surface area contributed by atoms with Crippen molar-refractivity contribution in [2.75, 3.05) is 27.2 Å². The van der Waals surface area contributed by atoms with Crippen LogP contribution in [0.25, 0.3) is 0 Å². The Hall–Kier alpha value is -1.55. The van der Waals surface area contributed by atoms with Crippen molar-refractivity contribution < 1.29 is 9.22 Å². The van der Waals surface area contributed by atoms with Crippen LogP contribution in [-0.2, 0) is 4.74 Å². The topological polar surface area (TPSA) is 24.8 Å². The van der Waals surface area contributed by atoms with Crippen LogP contribution >= 0.6 is 0 Å². The molecule has 4 heteroatoms. The number of likely N-dealkylation sites (N-methyl/N-ethyl adjacent to an activating group) is 1. The third kappa shape index (κ3) is 8.38. The Kier molecular flexibility index (Phi) is 12.2. The Balaban J connectivity index is 5.81. The second-order valence-electron chi connectivity index (χ2n) is 9.03. The quantitative estimate of drug-likeness (QED) is 0.128. The summed E-state index contributed by atoms with van der Waals surface area (Å²) in [5.41, 5.74) is 4.82. The van der Waals surface area contributed by atoms with Crippen molar-refractivity contribution in [1.82, 2.24) is 5.01 Å². The minimum atomic E-state index is 0.550. The number of ether oxygens (including phenoxy) is 1. The lowest BCUT2D eigenvalue weighted by Crippen LogP contribution is -2.56. The van der Waals surface area contributed by atoms with Crippen LogP contribution in [0, 0.1) is 0 Å². The molecule has 0 aliphatic carbocycles. The third-order valence-electron chi connectivity index (χ3n) is 6.25. The molecule has 0 saturated heterocycles. The second kappa shape index (κ2) is 12.9. The molecule has 0 radical (unpaired) electrons. The predicted molar refractivity (Wildman–Crippen MR) is 129 cm³/mol. The molecular formula is C25H48N3O+. The standard InChI is InChI=1S/C25H48N3O/c1-13-15-22(9)23(10)27(11)26-25(24(16-14-2)19(3)4)29-18-17-28(12,20(5)6)21(7)8/h13,15,20-21H,14,16-18H2,1-12H3/q+1/b15-13-,23-22-,26-25+. The van der Waals surface area contributed by atoms with Gasteiger partial charge in [-0.25, -0.2) is 0 Å². The molecule has 0 aromatic carbocycles. The van der Waals surface area contributed by atoms with Gasteiger partial charge in [0.05, 0.1) is 19.1 Å². The number of hydrogen-bond acceptors (Lipinski definition) is 3. The highest BCUT2D eigenvalue weighted by Gasteiger charge is 2.29. The molecule has 0 unspecified atom stereocenters. The summed E-state index contributed by atoms with van der Waals surface area (Å²) in [5, 5.41) is 6.85. The van der Waals surface area contributed by atoms with Crippen molar-refractivity contribution in [3.8, 4) is 0 Å².